The molecule has 136 valence electrons. The zero-order chi connectivity index (χ0) is 19.1. The van der Waals surface area contributed by atoms with Crippen LogP contribution in [0.2, 0.25) is 0 Å². The predicted octanol–water partition coefficient (Wildman–Crippen LogP) is 2.20. The summed E-state index contributed by atoms with van der Waals surface area (Å²) in [7, 11) is -3.36. The molecule has 0 radical (unpaired) electrons. The molecule has 26 heavy (non-hydrogen) atoms. The van der Waals surface area contributed by atoms with E-state index in [-0.39, 0.29) is 11.4 Å². The smallest absolute Gasteiger partial charge is 0.319 e. The van der Waals surface area contributed by atoms with Crippen LogP contribution < -0.4 is 5.32 Å². The summed E-state index contributed by atoms with van der Waals surface area (Å²) in [5.74, 6) is -0.860. The van der Waals surface area contributed by atoms with Crippen LogP contribution in [0.25, 0.3) is 0 Å². The number of nitrogens with zero attached hydrogens (tertiary/aromatic N) is 1. The Kier molecular flexibility index (Phi) is 4.31. The first kappa shape index (κ1) is 18.1. The van der Waals surface area contributed by atoms with Crippen LogP contribution in [0.15, 0.2) is 53.4 Å². The SMILES string of the molecule is CC1(c2ccc(S(C)(=O)=O)cc2)NC(=O)N(Cc2ccc(F)cc2)C1=O. The highest BCUT2D eigenvalue weighted by Crippen LogP contribution is 2.30. The Morgan fingerprint density at radius 1 is 1.04 bits per heavy atom. The normalized spacial score (nSPS) is 20.3. The van der Waals surface area contributed by atoms with Crippen LogP contribution in [0.5, 0.6) is 0 Å². The number of sulfone groups is 1. The van der Waals surface area contributed by atoms with Crippen molar-refractivity contribution in [3.63, 3.8) is 0 Å². The molecule has 1 aliphatic heterocycles. The van der Waals surface area contributed by atoms with Gasteiger partial charge in [0.1, 0.15) is 11.4 Å². The van der Waals surface area contributed by atoms with Gasteiger partial charge in [-0.15, -0.1) is 0 Å². The fourth-order valence-electron chi connectivity index (χ4n) is 2.84. The summed E-state index contributed by atoms with van der Waals surface area (Å²) >= 11 is 0. The highest BCUT2D eigenvalue weighted by atomic mass is 32.2. The lowest BCUT2D eigenvalue weighted by molar-refractivity contribution is -0.131. The van der Waals surface area contributed by atoms with Crippen LogP contribution in [0.1, 0.15) is 18.1 Å². The molecular weight excluding hydrogens is 359 g/mol. The van der Waals surface area contributed by atoms with E-state index < -0.39 is 33.1 Å². The second-order valence-electron chi connectivity index (χ2n) is 6.37. The van der Waals surface area contributed by atoms with E-state index in [1.165, 1.54) is 48.5 Å². The Bertz CT molecular complexity index is 971. The van der Waals surface area contributed by atoms with Crippen molar-refractivity contribution in [1.29, 1.82) is 0 Å². The first-order chi connectivity index (χ1) is 12.1. The van der Waals surface area contributed by atoms with Crippen molar-refractivity contribution in [3.05, 3.63) is 65.5 Å². The number of rotatable bonds is 4. The molecule has 1 heterocycles. The number of nitrogens with one attached hydrogen (secondary N) is 1. The summed E-state index contributed by atoms with van der Waals surface area (Å²) < 4.78 is 36.2. The van der Waals surface area contributed by atoms with E-state index in [2.05, 4.69) is 5.32 Å². The van der Waals surface area contributed by atoms with Crippen molar-refractivity contribution in [1.82, 2.24) is 10.2 Å². The first-order valence-corrected chi connectivity index (χ1v) is 9.69. The lowest BCUT2D eigenvalue weighted by Crippen LogP contribution is -2.40. The molecule has 1 saturated heterocycles. The van der Waals surface area contributed by atoms with E-state index >= 15 is 0 Å². The average Bonchev–Trinajstić information content (AvgIpc) is 2.80. The minimum atomic E-state index is -3.36. The van der Waals surface area contributed by atoms with Gasteiger partial charge in [0.15, 0.2) is 9.84 Å². The van der Waals surface area contributed by atoms with Gasteiger partial charge >= 0.3 is 6.03 Å². The molecular formula is C18H17FN2O4S. The second kappa shape index (κ2) is 6.21. The summed E-state index contributed by atoms with van der Waals surface area (Å²) in [6.07, 6.45) is 1.09. The summed E-state index contributed by atoms with van der Waals surface area (Å²) in [5.41, 5.74) is -0.205. The number of halogens is 1. The third-order valence-electron chi connectivity index (χ3n) is 4.39. The zero-order valence-corrected chi connectivity index (χ0v) is 15.0. The van der Waals surface area contributed by atoms with E-state index in [1.54, 1.807) is 6.92 Å². The van der Waals surface area contributed by atoms with Gasteiger partial charge in [0, 0.05) is 6.26 Å². The predicted molar refractivity (Wildman–Crippen MR) is 92.4 cm³/mol. The molecule has 1 atom stereocenters. The van der Waals surface area contributed by atoms with Crippen LogP contribution in [-0.4, -0.2) is 31.5 Å². The molecule has 3 rings (SSSR count). The Morgan fingerprint density at radius 3 is 2.15 bits per heavy atom. The monoisotopic (exact) mass is 376 g/mol. The third-order valence-corrected chi connectivity index (χ3v) is 5.52. The van der Waals surface area contributed by atoms with Gasteiger partial charge in [-0.25, -0.2) is 17.6 Å². The highest BCUT2D eigenvalue weighted by molar-refractivity contribution is 7.90. The van der Waals surface area contributed by atoms with Gasteiger partial charge in [-0.2, -0.15) is 0 Å². The van der Waals surface area contributed by atoms with E-state index in [1.807, 2.05) is 0 Å². The van der Waals surface area contributed by atoms with Crippen molar-refractivity contribution < 1.29 is 22.4 Å². The largest absolute Gasteiger partial charge is 0.325 e. The van der Waals surface area contributed by atoms with Gasteiger partial charge in [0.25, 0.3) is 5.91 Å². The second-order valence-corrected chi connectivity index (χ2v) is 8.39. The standard InChI is InChI=1S/C18H17FN2O4S/c1-18(13-5-9-15(10-6-13)26(2,24)25)16(22)21(17(23)20-18)11-12-3-7-14(19)8-4-12/h3-10H,11H2,1-2H3,(H,20,23). The lowest BCUT2D eigenvalue weighted by Gasteiger charge is -2.22. The van der Waals surface area contributed by atoms with Crippen molar-refractivity contribution in [3.8, 4) is 0 Å². The molecule has 0 bridgehead atoms. The molecule has 0 aromatic heterocycles. The molecule has 1 fully saturated rings. The molecule has 2 aromatic rings. The first-order valence-electron chi connectivity index (χ1n) is 7.80. The Morgan fingerprint density at radius 2 is 1.62 bits per heavy atom. The molecule has 0 aliphatic carbocycles. The fourth-order valence-corrected chi connectivity index (χ4v) is 3.47. The number of benzene rings is 2. The molecule has 6 nitrogen and oxygen atoms in total. The number of urea groups is 1. The van der Waals surface area contributed by atoms with E-state index in [4.69, 9.17) is 0 Å². The quantitative estimate of drug-likeness (QED) is 0.829. The Balaban J connectivity index is 1.88. The van der Waals surface area contributed by atoms with E-state index in [9.17, 15) is 22.4 Å². The van der Waals surface area contributed by atoms with Crippen LogP contribution in [0, 0.1) is 5.82 Å². The maximum absolute atomic E-state index is 13.0. The van der Waals surface area contributed by atoms with Crippen molar-refractivity contribution in [2.45, 2.75) is 23.9 Å². The highest BCUT2D eigenvalue weighted by Gasteiger charge is 2.48. The summed E-state index contributed by atoms with van der Waals surface area (Å²) in [4.78, 5) is 26.3. The summed E-state index contributed by atoms with van der Waals surface area (Å²) in [6, 6.07) is 10.8. The fraction of sp³-hybridized carbons (Fsp3) is 0.222. The molecule has 1 aliphatic rings. The number of hydrogen-bond donors (Lipinski definition) is 1. The minimum absolute atomic E-state index is 0.0158. The number of carbonyl (C=O) groups is 2. The number of imide groups is 1. The molecule has 1 N–H and O–H groups in total. The van der Waals surface area contributed by atoms with Crippen LogP contribution >= 0.6 is 0 Å². The topological polar surface area (TPSA) is 83.6 Å². The van der Waals surface area contributed by atoms with Crippen molar-refractivity contribution >= 4 is 21.8 Å². The minimum Gasteiger partial charge on any atom is -0.319 e. The molecule has 0 saturated carbocycles. The van der Waals surface area contributed by atoms with Crippen LogP contribution in [0.3, 0.4) is 0 Å². The average molecular weight is 376 g/mol. The number of carbonyl (C=O) groups excluding carboxylic acids is 2. The van der Waals surface area contributed by atoms with Crippen LogP contribution in [-0.2, 0) is 26.7 Å². The zero-order valence-electron chi connectivity index (χ0n) is 14.2. The number of amides is 3. The number of hydrogen-bond acceptors (Lipinski definition) is 4. The Hall–Kier alpha value is -2.74. The van der Waals surface area contributed by atoms with Gasteiger partial charge in [-0.05, 0) is 42.3 Å². The third kappa shape index (κ3) is 3.20. The van der Waals surface area contributed by atoms with Crippen molar-refractivity contribution in [2.24, 2.45) is 0 Å². The molecule has 0 spiro atoms. The van der Waals surface area contributed by atoms with Crippen molar-refractivity contribution in [2.75, 3.05) is 6.26 Å². The molecule has 1 unspecified atom stereocenters. The van der Waals surface area contributed by atoms with Gasteiger partial charge in [0.2, 0.25) is 0 Å². The lowest BCUT2D eigenvalue weighted by atomic mass is 9.92. The maximum Gasteiger partial charge on any atom is 0.325 e. The molecule has 2 aromatic carbocycles. The maximum atomic E-state index is 13.0. The Labute approximate surface area is 150 Å². The summed E-state index contributed by atoms with van der Waals surface area (Å²) in [5, 5.41) is 2.65. The molecule has 3 amide bonds. The summed E-state index contributed by atoms with van der Waals surface area (Å²) in [6.45, 7) is 1.58. The van der Waals surface area contributed by atoms with Gasteiger partial charge in [-0.3, -0.25) is 9.69 Å². The van der Waals surface area contributed by atoms with Crippen LogP contribution in [0.4, 0.5) is 9.18 Å². The molecule has 8 heteroatoms. The van der Waals surface area contributed by atoms with Gasteiger partial charge in [-0.1, -0.05) is 24.3 Å². The van der Waals surface area contributed by atoms with Gasteiger partial charge < -0.3 is 5.32 Å². The van der Waals surface area contributed by atoms with Gasteiger partial charge in [0.05, 0.1) is 11.4 Å². The van der Waals surface area contributed by atoms with E-state index in [0.717, 1.165) is 11.2 Å². The van der Waals surface area contributed by atoms with E-state index in [0.29, 0.717) is 11.1 Å².